The van der Waals surface area contributed by atoms with Crippen LogP contribution in [0.25, 0.3) is 10.9 Å². The minimum Gasteiger partial charge on any atom is -0.497 e. The van der Waals surface area contributed by atoms with Gasteiger partial charge >= 0.3 is 0 Å². The molecule has 0 aliphatic carbocycles. The van der Waals surface area contributed by atoms with E-state index in [2.05, 4.69) is 69.0 Å². The second-order valence-electron chi connectivity index (χ2n) is 31.5. The number of quaternary nitrogens is 1. The molecule has 1 aromatic heterocycles. The number of rotatable bonds is 12. The molecule has 0 saturated carbocycles. The highest BCUT2D eigenvalue weighted by atomic mass is 19.1. The Labute approximate surface area is 652 Å². The Hall–Kier alpha value is -10.3. The Morgan fingerprint density at radius 2 is 1.41 bits per heavy atom. The zero-order valence-electron chi connectivity index (χ0n) is 65.3. The Morgan fingerprint density at radius 1 is 0.688 bits per heavy atom. The van der Waals surface area contributed by atoms with Crippen LogP contribution in [0.4, 0.5) is 4.39 Å². The molecule has 2 saturated heterocycles. The minimum absolute atomic E-state index is 0.0754. The predicted molar refractivity (Wildman–Crippen MR) is 413 cm³/mol. The van der Waals surface area contributed by atoms with E-state index in [1.807, 2.05) is 28.8 Å². The van der Waals surface area contributed by atoms with E-state index in [1.54, 1.807) is 72.6 Å². The van der Waals surface area contributed by atoms with Crippen LogP contribution in [-0.4, -0.2) is 234 Å². The van der Waals surface area contributed by atoms with Gasteiger partial charge in [0.1, 0.15) is 66.0 Å². The summed E-state index contributed by atoms with van der Waals surface area (Å²) in [6.07, 6.45) is 3.06. The summed E-state index contributed by atoms with van der Waals surface area (Å²) in [5, 5.41) is 37.2. The first-order valence-electron chi connectivity index (χ1n) is 39.2. The third-order valence-corrected chi connectivity index (χ3v) is 21.7. The molecule has 0 spiro atoms. The number of carbonyl (C=O) groups is 12. The lowest BCUT2D eigenvalue weighted by Gasteiger charge is -2.37. The van der Waals surface area contributed by atoms with Gasteiger partial charge in [-0.1, -0.05) is 73.5 Å². The molecule has 30 heteroatoms. The first-order valence-corrected chi connectivity index (χ1v) is 39.2. The summed E-state index contributed by atoms with van der Waals surface area (Å²) in [6.45, 7) is 4.88. The number of aliphatic hydroxyl groups excluding tert-OH is 1. The minimum atomic E-state index is -1.85. The number of halogens is 1. The molecule has 5 aromatic rings. The van der Waals surface area contributed by atoms with E-state index in [0.29, 0.717) is 96.9 Å². The van der Waals surface area contributed by atoms with Crippen LogP contribution in [0.15, 0.2) is 97.2 Å². The molecule has 604 valence electrons. The zero-order chi connectivity index (χ0) is 80.4. The van der Waals surface area contributed by atoms with Gasteiger partial charge in [0.25, 0.3) is 0 Å². The van der Waals surface area contributed by atoms with E-state index in [9.17, 15) is 33.9 Å². The van der Waals surface area contributed by atoms with Gasteiger partial charge in [-0.3, -0.25) is 57.5 Å². The van der Waals surface area contributed by atoms with E-state index < -0.39 is 144 Å². The number of unbranched alkanes of at least 4 members (excludes halogenated alkanes) is 2. The van der Waals surface area contributed by atoms with Crippen molar-refractivity contribution in [2.24, 2.45) is 0 Å². The predicted octanol–water partition coefficient (Wildman–Crippen LogP) is 2.56. The lowest BCUT2D eigenvalue weighted by Crippen LogP contribution is -2.64. The van der Waals surface area contributed by atoms with Crippen molar-refractivity contribution in [3.8, 4) is 5.75 Å². The van der Waals surface area contributed by atoms with Gasteiger partial charge in [-0.15, -0.1) is 0 Å². The molecule has 10 atom stereocenters. The van der Waals surface area contributed by atoms with E-state index in [-0.39, 0.29) is 90.0 Å². The molecule has 4 aromatic carbocycles. The molecule has 2 fully saturated rings. The summed E-state index contributed by atoms with van der Waals surface area (Å²) in [4.78, 5) is 183. The average Bonchev–Trinajstić information content (AvgIpc) is 1.63. The van der Waals surface area contributed by atoms with Crippen LogP contribution < -0.4 is 52.6 Å². The summed E-state index contributed by atoms with van der Waals surface area (Å²) in [7, 11) is 7.69. The van der Waals surface area contributed by atoms with E-state index >= 15 is 33.2 Å². The van der Waals surface area contributed by atoms with E-state index in [4.69, 9.17) is 9.47 Å². The number of fused-ring (bicyclic) bond motifs is 16. The van der Waals surface area contributed by atoms with Crippen LogP contribution in [0.3, 0.4) is 0 Å². The van der Waals surface area contributed by atoms with Gasteiger partial charge in [-0.25, -0.2) is 4.39 Å². The molecule has 12 amide bonds. The number of aromatic nitrogens is 1. The van der Waals surface area contributed by atoms with Crippen molar-refractivity contribution in [1.29, 1.82) is 0 Å². The van der Waals surface area contributed by atoms with Gasteiger partial charge < -0.3 is 86.2 Å². The fourth-order valence-corrected chi connectivity index (χ4v) is 15.3. The number of nitrogens with zero attached hydrogens (tertiary/aromatic N) is 5. The van der Waals surface area contributed by atoms with Gasteiger partial charge in [-0.2, -0.15) is 0 Å². The molecule has 6 aliphatic heterocycles. The third kappa shape index (κ3) is 22.7. The Balaban J connectivity index is 1.08. The number of nitrogens with one attached hydrogen (secondary N) is 9. The van der Waals surface area contributed by atoms with Crippen molar-refractivity contribution in [1.82, 2.24) is 67.1 Å². The van der Waals surface area contributed by atoms with Gasteiger partial charge in [-0.05, 0) is 142 Å². The molecule has 12 bridgehead atoms. The number of amides is 12. The summed E-state index contributed by atoms with van der Waals surface area (Å²) >= 11 is 0. The van der Waals surface area contributed by atoms with Crippen molar-refractivity contribution in [2.45, 2.75) is 210 Å². The maximum Gasteiger partial charge on any atom is 0.246 e. The largest absolute Gasteiger partial charge is 0.497 e. The first-order chi connectivity index (χ1) is 53.5. The molecular weight excluding hydrogens is 1440 g/mol. The highest BCUT2D eigenvalue weighted by molar-refractivity contribution is 6.00. The number of hydrogen-bond donors (Lipinski definition) is 10. The quantitative estimate of drug-likeness (QED) is 0.0634. The van der Waals surface area contributed by atoms with Gasteiger partial charge in [0.15, 0.2) is 0 Å². The van der Waals surface area contributed by atoms with Crippen LogP contribution in [0.1, 0.15) is 138 Å². The number of ether oxygens (including phenoxy) is 2. The van der Waals surface area contributed by atoms with Crippen molar-refractivity contribution < 1.29 is 81.0 Å². The summed E-state index contributed by atoms with van der Waals surface area (Å²) < 4.78 is 30.2. The number of aryl methyl sites for hydroxylation is 1. The summed E-state index contributed by atoms with van der Waals surface area (Å²) in [5.74, 6) is -8.99. The number of hydrogen-bond acceptors (Lipinski definition) is 15. The van der Waals surface area contributed by atoms with Crippen LogP contribution in [-0.2, 0) is 108 Å². The average molecular weight is 1550 g/mol. The topological polar surface area (TPSA) is 366 Å². The van der Waals surface area contributed by atoms with Gasteiger partial charge in [0.05, 0.1) is 47.0 Å². The highest BCUT2D eigenvalue weighted by Crippen LogP contribution is 2.32. The van der Waals surface area contributed by atoms with E-state index in [1.165, 1.54) is 38.0 Å². The monoisotopic (exact) mass is 1550 g/mol. The molecule has 6 aliphatic rings. The lowest BCUT2D eigenvalue weighted by atomic mass is 9.95. The zero-order valence-corrected chi connectivity index (χ0v) is 65.3. The van der Waals surface area contributed by atoms with Crippen molar-refractivity contribution in [3.05, 3.63) is 136 Å². The van der Waals surface area contributed by atoms with Crippen LogP contribution in [0, 0.1) is 5.82 Å². The SMILES string of the molecule is COc1ccc(CC2NC(=O)C(C(C)O)NC(=O)C3C4CCN3C(=O)C3Cc5cn(c6ccc(F)cc56)CCCCCCN(Cc5ccc(cc5)CCNC(=O)C5(C)CCCN5C2=O)C(=O)CCC(=O)NC(C)C(=O)NC(CNC(=O)CCCCC[N+](C)(C)C)C(=O)NC(Cc2cccc(c2)CNC(=O)CO4)C(=O)N3)cc1. The first kappa shape index (κ1) is 84.1. The standard InChI is InChI=1S/C82H109FN14O15/c1-51-74(103)91-65(47-86-68(99)19-11-10-14-40-97(4,5)6)76(105)88-62-43-56-17-15-18-57(41-56)46-85-70(101)50-112-67-33-39-95-73(67)78(107)92-72(52(2)98)77(106)90-63(42-54-24-27-60(111-7)28-25-54)80(109)96-38-16-34-82(96,3)81(110)84-35-32-53-20-22-55(23-21-53)48-94(71(102)31-30-69(100)87-51)37-13-9-8-12-36-93-49-58(44-64(79(95)108)89-75(62)104)61-45-59(83)26-29-66(61)93/h15,17-18,20-29,41,45,49,51-52,62-65,67,72-73,98H,8-14,16,19,30-40,42-44,46-48,50H2,1-7H3,(H8-,84,85,86,87,88,89,90,91,92,99,100,101,103,104,105,106,107,110)/p+1. The maximum absolute atomic E-state index is 16.2. The molecule has 10 N–H and O–H groups in total. The molecule has 112 heavy (non-hydrogen) atoms. The van der Waals surface area contributed by atoms with Crippen LogP contribution in [0.5, 0.6) is 5.75 Å². The van der Waals surface area contributed by atoms with Crippen LogP contribution >= 0.6 is 0 Å². The Kier molecular flexibility index (Phi) is 29.1. The van der Waals surface area contributed by atoms with Gasteiger partial charge in [0, 0.05) is 108 Å². The Morgan fingerprint density at radius 3 is 2.15 bits per heavy atom. The molecule has 11 rings (SSSR count). The fourth-order valence-electron chi connectivity index (χ4n) is 15.3. The maximum atomic E-state index is 16.2. The molecule has 0 radical (unpaired) electrons. The normalized spacial score (nSPS) is 24.9. The summed E-state index contributed by atoms with van der Waals surface area (Å²) in [5.41, 5.74) is 2.77. The number of methoxy groups -OCH3 is 1. The third-order valence-electron chi connectivity index (χ3n) is 21.7. The number of carbonyl (C=O) groups excluding carboxylic acids is 12. The fraction of sp³-hybridized carbons (Fsp3) is 0.537. The van der Waals surface area contributed by atoms with Crippen LogP contribution in [0.2, 0.25) is 0 Å². The second kappa shape index (κ2) is 38.7. The smallest absolute Gasteiger partial charge is 0.246 e. The molecule has 29 nitrogen and oxygen atoms in total. The molecular formula is C82H110FN14O15+. The second-order valence-corrected chi connectivity index (χ2v) is 31.5. The lowest BCUT2D eigenvalue weighted by molar-refractivity contribution is -0.870. The van der Waals surface area contributed by atoms with Crippen molar-refractivity contribution >= 4 is 81.8 Å². The number of benzene rings is 4. The van der Waals surface area contributed by atoms with E-state index in [0.717, 1.165) is 39.9 Å². The molecule has 10 unspecified atom stereocenters. The Bertz CT molecular complexity index is 4220. The summed E-state index contributed by atoms with van der Waals surface area (Å²) in [6, 6.07) is 14.1. The van der Waals surface area contributed by atoms with Crippen molar-refractivity contribution in [2.75, 3.05) is 74.1 Å². The number of aliphatic hydroxyl groups is 1. The highest BCUT2D eigenvalue weighted by Gasteiger charge is 2.50. The van der Waals surface area contributed by atoms with Gasteiger partial charge in [0.2, 0.25) is 70.9 Å². The van der Waals surface area contributed by atoms with Crippen molar-refractivity contribution in [3.63, 3.8) is 0 Å². The molecule has 7 heterocycles.